The lowest BCUT2D eigenvalue weighted by Crippen LogP contribution is -2.53. The second-order valence-electron chi connectivity index (χ2n) is 8.79. The molecule has 24 heavy (non-hydrogen) atoms. The molecule has 0 N–H and O–H groups in total. The van der Waals surface area contributed by atoms with Crippen molar-refractivity contribution in [2.45, 2.75) is 37.8 Å². The van der Waals surface area contributed by atoms with E-state index in [0.29, 0.717) is 11.5 Å². The number of carbonyl (C=O) groups is 1. The molecular weight excluding hydrogens is 304 g/mol. The molecule has 0 aromatic carbocycles. The number of hydrogen-bond donors (Lipinski definition) is 0. The van der Waals surface area contributed by atoms with Crippen LogP contribution >= 0.6 is 0 Å². The van der Waals surface area contributed by atoms with Crippen molar-refractivity contribution in [1.29, 1.82) is 0 Å². The van der Waals surface area contributed by atoms with E-state index in [9.17, 15) is 4.79 Å². The summed E-state index contributed by atoms with van der Waals surface area (Å²) >= 11 is 0. The molecule has 0 aromatic heterocycles. The Balaban J connectivity index is 1.52. The number of carbonyl (C=O) groups excluding carboxylic acids is 1. The van der Waals surface area contributed by atoms with Gasteiger partial charge in [0.25, 0.3) is 0 Å². The quantitative estimate of drug-likeness (QED) is 0.773. The fourth-order valence-corrected chi connectivity index (χ4v) is 4.43. The van der Waals surface area contributed by atoms with Gasteiger partial charge in [0.15, 0.2) is 0 Å². The molecule has 2 aliphatic heterocycles. The lowest BCUT2D eigenvalue weighted by molar-refractivity contribution is -0.00765. The van der Waals surface area contributed by atoms with E-state index in [1.54, 1.807) is 0 Å². The Morgan fingerprint density at radius 1 is 1.04 bits per heavy atom. The normalized spacial score (nSPS) is 33.0. The van der Waals surface area contributed by atoms with Gasteiger partial charge in [-0.2, -0.15) is 0 Å². The molecule has 2 unspecified atom stereocenters. The first-order valence-corrected chi connectivity index (χ1v) is 9.28. The average Bonchev–Trinajstić information content (AvgIpc) is 3.15. The zero-order valence-corrected chi connectivity index (χ0v) is 16.0. The largest absolute Gasteiger partial charge is 0.443 e. The maximum absolute atomic E-state index is 12.5. The van der Waals surface area contributed by atoms with Crippen molar-refractivity contribution in [2.75, 3.05) is 67.0 Å². The van der Waals surface area contributed by atoms with Gasteiger partial charge in [-0.25, -0.2) is 4.79 Å². The number of hydrogen-bond acceptors (Lipinski definition) is 5. The number of amides is 1. The van der Waals surface area contributed by atoms with Crippen LogP contribution in [0.3, 0.4) is 0 Å². The highest BCUT2D eigenvalue weighted by Crippen LogP contribution is 2.53. The topological polar surface area (TPSA) is 39.3 Å². The summed E-state index contributed by atoms with van der Waals surface area (Å²) in [6, 6.07) is 0. The summed E-state index contributed by atoms with van der Waals surface area (Å²) < 4.78 is 5.90. The number of ether oxygens (including phenoxy) is 1. The first kappa shape index (κ1) is 18.0. The zero-order chi connectivity index (χ0) is 17.5. The highest BCUT2D eigenvalue weighted by molar-refractivity contribution is 5.68. The molecule has 138 valence electrons. The van der Waals surface area contributed by atoms with Gasteiger partial charge in [0.2, 0.25) is 0 Å². The average molecular weight is 338 g/mol. The summed E-state index contributed by atoms with van der Waals surface area (Å²) in [5, 5.41) is 0. The molecule has 3 aliphatic rings. The van der Waals surface area contributed by atoms with E-state index in [1.807, 2.05) is 4.90 Å². The molecule has 0 radical (unpaired) electrons. The maximum Gasteiger partial charge on any atom is 0.410 e. The lowest BCUT2D eigenvalue weighted by atomic mass is 9.97. The van der Waals surface area contributed by atoms with Crippen LogP contribution in [-0.4, -0.2) is 104 Å². The summed E-state index contributed by atoms with van der Waals surface area (Å²) in [5.41, 5.74) is -0.0873. The van der Waals surface area contributed by atoms with Gasteiger partial charge in [0.1, 0.15) is 5.60 Å². The minimum atomic E-state index is -0.397. The minimum Gasteiger partial charge on any atom is -0.443 e. The van der Waals surface area contributed by atoms with E-state index in [2.05, 4.69) is 49.7 Å². The lowest BCUT2D eigenvalue weighted by Gasteiger charge is -2.40. The molecule has 0 bridgehead atoms. The predicted molar refractivity (Wildman–Crippen MR) is 95.2 cm³/mol. The molecule has 1 aliphatic carbocycles. The molecule has 3 rings (SSSR count). The van der Waals surface area contributed by atoms with Crippen LogP contribution in [0.5, 0.6) is 0 Å². The van der Waals surface area contributed by atoms with Crippen molar-refractivity contribution in [2.24, 2.45) is 5.92 Å². The Kier molecular flexibility index (Phi) is 4.84. The molecule has 2 saturated heterocycles. The van der Waals surface area contributed by atoms with E-state index in [4.69, 9.17) is 4.74 Å². The van der Waals surface area contributed by atoms with Gasteiger partial charge in [-0.15, -0.1) is 0 Å². The zero-order valence-electron chi connectivity index (χ0n) is 16.0. The number of piperazine rings is 2. The molecule has 1 amide bonds. The van der Waals surface area contributed by atoms with E-state index < -0.39 is 5.60 Å². The summed E-state index contributed by atoms with van der Waals surface area (Å²) in [6.45, 7) is 11.0. The van der Waals surface area contributed by atoms with Crippen molar-refractivity contribution in [3.8, 4) is 0 Å². The summed E-state index contributed by atoms with van der Waals surface area (Å²) in [5.74, 6) is 0.625. The Morgan fingerprint density at radius 2 is 1.67 bits per heavy atom. The molecule has 6 heteroatoms. The van der Waals surface area contributed by atoms with Crippen LogP contribution in [0.4, 0.5) is 4.79 Å². The standard InChI is InChI=1S/C18H34N4O2/c1-17(2,24-16(23)22-10-7-19(3)8-11-22)12-15-13-18(15)14-20(4)6-9-21(18)5/h15H,6-14H2,1-5H3. The molecule has 1 saturated carbocycles. The van der Waals surface area contributed by atoms with Crippen LogP contribution < -0.4 is 0 Å². The Morgan fingerprint density at radius 3 is 2.33 bits per heavy atom. The Labute approximate surface area is 146 Å². The van der Waals surface area contributed by atoms with E-state index in [0.717, 1.165) is 52.2 Å². The molecular formula is C18H34N4O2. The van der Waals surface area contributed by atoms with E-state index >= 15 is 0 Å². The molecule has 2 atom stereocenters. The monoisotopic (exact) mass is 338 g/mol. The molecule has 3 fully saturated rings. The highest BCUT2D eigenvalue weighted by atomic mass is 16.6. The van der Waals surface area contributed by atoms with Crippen molar-refractivity contribution in [3.05, 3.63) is 0 Å². The van der Waals surface area contributed by atoms with E-state index in [1.165, 1.54) is 6.42 Å². The summed E-state index contributed by atoms with van der Waals surface area (Å²) in [4.78, 5) is 21.5. The smallest absolute Gasteiger partial charge is 0.410 e. The first-order valence-electron chi connectivity index (χ1n) is 9.28. The summed E-state index contributed by atoms with van der Waals surface area (Å²) in [6.07, 6.45) is 2.03. The van der Waals surface area contributed by atoms with Crippen LogP contribution in [0.25, 0.3) is 0 Å². The molecule has 6 nitrogen and oxygen atoms in total. The molecule has 1 spiro atoms. The van der Waals surface area contributed by atoms with Gasteiger partial charge in [-0.05, 0) is 53.8 Å². The fourth-order valence-electron chi connectivity index (χ4n) is 4.43. The van der Waals surface area contributed by atoms with Crippen LogP contribution in [0, 0.1) is 5.92 Å². The van der Waals surface area contributed by atoms with Crippen molar-refractivity contribution in [1.82, 2.24) is 19.6 Å². The molecule has 0 aromatic rings. The van der Waals surface area contributed by atoms with Gasteiger partial charge >= 0.3 is 6.09 Å². The number of rotatable bonds is 3. The summed E-state index contributed by atoms with van der Waals surface area (Å²) in [7, 11) is 6.55. The first-order chi connectivity index (χ1) is 11.2. The second kappa shape index (κ2) is 6.46. The Hall–Kier alpha value is -0.850. The number of likely N-dealkylation sites (N-methyl/N-ethyl adjacent to an activating group) is 3. The second-order valence-corrected chi connectivity index (χ2v) is 8.79. The van der Waals surface area contributed by atoms with Gasteiger partial charge < -0.3 is 19.4 Å². The maximum atomic E-state index is 12.5. The van der Waals surface area contributed by atoms with Gasteiger partial charge in [0.05, 0.1) is 0 Å². The van der Waals surface area contributed by atoms with Crippen LogP contribution in [-0.2, 0) is 4.74 Å². The van der Waals surface area contributed by atoms with E-state index in [-0.39, 0.29) is 6.09 Å². The fraction of sp³-hybridized carbons (Fsp3) is 0.944. The van der Waals surface area contributed by atoms with Gasteiger partial charge in [-0.1, -0.05) is 0 Å². The van der Waals surface area contributed by atoms with Crippen LogP contribution in [0.1, 0.15) is 26.7 Å². The van der Waals surface area contributed by atoms with Crippen molar-refractivity contribution < 1.29 is 9.53 Å². The third-order valence-electron chi connectivity index (χ3n) is 6.18. The molecule has 2 heterocycles. The van der Waals surface area contributed by atoms with Crippen molar-refractivity contribution >= 4 is 6.09 Å². The number of nitrogens with zero attached hydrogens (tertiary/aromatic N) is 4. The predicted octanol–water partition coefficient (Wildman–Crippen LogP) is 1.18. The SMILES string of the molecule is CN1CCN(C(=O)OC(C)(C)CC2CC23CN(C)CCN3C)CC1. The van der Waals surface area contributed by atoms with Crippen LogP contribution in [0.2, 0.25) is 0 Å². The Bertz CT molecular complexity index is 476. The third-order valence-corrected chi connectivity index (χ3v) is 6.18. The van der Waals surface area contributed by atoms with Crippen molar-refractivity contribution in [3.63, 3.8) is 0 Å². The minimum absolute atomic E-state index is 0.142. The van der Waals surface area contributed by atoms with Gasteiger partial charge in [-0.3, -0.25) is 4.90 Å². The third kappa shape index (κ3) is 3.70. The highest BCUT2D eigenvalue weighted by Gasteiger charge is 2.59. The van der Waals surface area contributed by atoms with Gasteiger partial charge in [0, 0.05) is 51.4 Å². The van der Waals surface area contributed by atoms with Crippen LogP contribution in [0.15, 0.2) is 0 Å².